The SMILES string of the molecule is CCc1[nH]c(CCOC)nc(=S)c1Br. The lowest BCUT2D eigenvalue weighted by Crippen LogP contribution is -2.04. The molecule has 1 heterocycles. The molecule has 0 aliphatic carbocycles. The van der Waals surface area contributed by atoms with Crippen LogP contribution in [0.5, 0.6) is 0 Å². The van der Waals surface area contributed by atoms with Crippen molar-refractivity contribution >= 4 is 28.1 Å². The van der Waals surface area contributed by atoms with Gasteiger partial charge < -0.3 is 9.72 Å². The van der Waals surface area contributed by atoms with E-state index in [4.69, 9.17) is 17.0 Å². The quantitative estimate of drug-likeness (QED) is 0.860. The van der Waals surface area contributed by atoms with Crippen LogP contribution in [-0.4, -0.2) is 23.7 Å². The van der Waals surface area contributed by atoms with Crippen molar-refractivity contribution < 1.29 is 4.74 Å². The highest BCUT2D eigenvalue weighted by Crippen LogP contribution is 2.16. The van der Waals surface area contributed by atoms with E-state index in [1.807, 2.05) is 0 Å². The fourth-order valence-electron chi connectivity index (χ4n) is 1.12. The summed E-state index contributed by atoms with van der Waals surface area (Å²) >= 11 is 8.54. The van der Waals surface area contributed by atoms with E-state index in [9.17, 15) is 0 Å². The molecule has 1 rings (SSSR count). The average Bonchev–Trinajstić information content (AvgIpc) is 2.19. The minimum absolute atomic E-state index is 0.617. The summed E-state index contributed by atoms with van der Waals surface area (Å²) in [5.41, 5.74) is 1.09. The fourth-order valence-corrected chi connectivity index (χ4v) is 1.82. The zero-order chi connectivity index (χ0) is 10.6. The Morgan fingerprint density at radius 3 is 2.86 bits per heavy atom. The maximum Gasteiger partial charge on any atom is 0.144 e. The smallest absolute Gasteiger partial charge is 0.144 e. The molecule has 0 bridgehead atoms. The van der Waals surface area contributed by atoms with Gasteiger partial charge >= 0.3 is 0 Å². The number of aromatic nitrogens is 2. The molecule has 0 aliphatic heterocycles. The van der Waals surface area contributed by atoms with Crippen LogP contribution in [0.2, 0.25) is 0 Å². The van der Waals surface area contributed by atoms with Crippen LogP contribution >= 0.6 is 28.1 Å². The van der Waals surface area contributed by atoms with Crippen molar-refractivity contribution in [1.29, 1.82) is 0 Å². The number of aromatic amines is 1. The number of nitrogens with zero attached hydrogens (tertiary/aromatic N) is 1. The van der Waals surface area contributed by atoms with E-state index in [1.54, 1.807) is 7.11 Å². The highest BCUT2D eigenvalue weighted by molar-refractivity contribution is 9.10. The van der Waals surface area contributed by atoms with Crippen LogP contribution in [-0.2, 0) is 17.6 Å². The van der Waals surface area contributed by atoms with Gasteiger partial charge in [0.2, 0.25) is 0 Å². The highest BCUT2D eigenvalue weighted by Gasteiger charge is 2.04. The minimum Gasteiger partial charge on any atom is -0.384 e. The van der Waals surface area contributed by atoms with Gasteiger partial charge in [-0.15, -0.1) is 0 Å². The number of rotatable bonds is 4. The van der Waals surface area contributed by atoms with Gasteiger partial charge in [-0.1, -0.05) is 19.1 Å². The summed E-state index contributed by atoms with van der Waals surface area (Å²) in [7, 11) is 1.67. The van der Waals surface area contributed by atoms with Crippen molar-refractivity contribution in [3.63, 3.8) is 0 Å². The first-order chi connectivity index (χ1) is 6.69. The van der Waals surface area contributed by atoms with Crippen molar-refractivity contribution in [2.45, 2.75) is 19.8 Å². The molecular weight excluding hydrogens is 264 g/mol. The largest absolute Gasteiger partial charge is 0.384 e. The molecule has 0 aliphatic rings. The first-order valence-electron chi connectivity index (χ1n) is 4.45. The summed E-state index contributed by atoms with van der Waals surface area (Å²) in [6.07, 6.45) is 1.67. The number of hydrogen-bond donors (Lipinski definition) is 1. The molecule has 14 heavy (non-hydrogen) atoms. The van der Waals surface area contributed by atoms with E-state index >= 15 is 0 Å². The van der Waals surface area contributed by atoms with E-state index < -0.39 is 0 Å². The summed E-state index contributed by atoms with van der Waals surface area (Å²) in [6.45, 7) is 2.73. The van der Waals surface area contributed by atoms with Crippen molar-refractivity contribution in [3.05, 3.63) is 20.6 Å². The normalized spacial score (nSPS) is 10.5. The minimum atomic E-state index is 0.617. The maximum atomic E-state index is 5.13. The third-order valence-electron chi connectivity index (χ3n) is 1.88. The summed E-state index contributed by atoms with van der Waals surface area (Å²) in [5, 5.41) is 0. The zero-order valence-corrected chi connectivity index (χ0v) is 10.7. The van der Waals surface area contributed by atoms with Gasteiger partial charge in [-0.05, 0) is 22.4 Å². The van der Waals surface area contributed by atoms with Gasteiger partial charge in [0, 0.05) is 19.2 Å². The molecule has 0 spiro atoms. The third kappa shape index (κ3) is 2.87. The van der Waals surface area contributed by atoms with Gasteiger partial charge in [0.05, 0.1) is 11.1 Å². The van der Waals surface area contributed by atoms with Gasteiger partial charge in [-0.3, -0.25) is 0 Å². The number of H-pyrrole nitrogens is 1. The van der Waals surface area contributed by atoms with E-state index in [2.05, 4.69) is 32.8 Å². The van der Waals surface area contributed by atoms with E-state index in [1.165, 1.54) is 0 Å². The van der Waals surface area contributed by atoms with Crippen molar-refractivity contribution in [2.24, 2.45) is 0 Å². The number of halogens is 1. The molecule has 0 aromatic carbocycles. The molecule has 5 heteroatoms. The van der Waals surface area contributed by atoms with E-state index in [0.717, 1.165) is 28.8 Å². The first kappa shape index (κ1) is 11.8. The Hall–Kier alpha value is -0.260. The molecule has 1 N–H and O–H groups in total. The van der Waals surface area contributed by atoms with E-state index in [0.29, 0.717) is 11.2 Å². The fraction of sp³-hybridized carbons (Fsp3) is 0.556. The number of hydrogen-bond acceptors (Lipinski definition) is 3. The van der Waals surface area contributed by atoms with Crippen LogP contribution < -0.4 is 0 Å². The van der Waals surface area contributed by atoms with Crippen molar-refractivity contribution in [2.75, 3.05) is 13.7 Å². The molecule has 0 atom stereocenters. The molecule has 1 aromatic rings. The maximum absolute atomic E-state index is 5.13. The number of ether oxygens (including phenoxy) is 1. The second-order valence-corrected chi connectivity index (χ2v) is 4.06. The van der Waals surface area contributed by atoms with Gasteiger partial charge in [-0.2, -0.15) is 0 Å². The standard InChI is InChI=1S/C9H13BrN2OS/c1-3-6-8(10)9(14)12-7(11-6)4-5-13-2/h3-5H2,1-2H3,(H,11,12,14). The van der Waals surface area contributed by atoms with Crippen LogP contribution in [0.1, 0.15) is 18.4 Å². The van der Waals surface area contributed by atoms with Gasteiger partial charge in [-0.25, -0.2) is 4.98 Å². The predicted octanol–water partition coefficient (Wildman–Crippen LogP) is 2.65. The second kappa shape index (κ2) is 5.58. The van der Waals surface area contributed by atoms with E-state index in [-0.39, 0.29) is 0 Å². The molecule has 0 saturated carbocycles. The highest BCUT2D eigenvalue weighted by atomic mass is 79.9. The van der Waals surface area contributed by atoms with Crippen molar-refractivity contribution in [1.82, 2.24) is 9.97 Å². The molecule has 0 saturated heterocycles. The van der Waals surface area contributed by atoms with Crippen LogP contribution in [0.15, 0.2) is 4.47 Å². The predicted molar refractivity (Wildman–Crippen MR) is 62.1 cm³/mol. The molecular formula is C9H13BrN2OS. The Morgan fingerprint density at radius 2 is 2.29 bits per heavy atom. The second-order valence-electron chi connectivity index (χ2n) is 2.88. The van der Waals surface area contributed by atoms with Crippen LogP contribution in [0.4, 0.5) is 0 Å². The van der Waals surface area contributed by atoms with Crippen molar-refractivity contribution in [3.8, 4) is 0 Å². The topological polar surface area (TPSA) is 37.9 Å². The Labute approximate surface area is 97.0 Å². The van der Waals surface area contributed by atoms with Crippen LogP contribution in [0.25, 0.3) is 0 Å². The number of aryl methyl sites for hydroxylation is 1. The summed E-state index contributed by atoms with van der Waals surface area (Å²) in [4.78, 5) is 7.48. The lowest BCUT2D eigenvalue weighted by atomic mass is 10.3. The van der Waals surface area contributed by atoms with Gasteiger partial charge in [0.25, 0.3) is 0 Å². The number of nitrogens with one attached hydrogen (secondary N) is 1. The summed E-state index contributed by atoms with van der Waals surface area (Å²) in [6, 6.07) is 0. The lowest BCUT2D eigenvalue weighted by Gasteiger charge is -2.06. The Bertz CT molecular complexity index is 364. The summed E-state index contributed by atoms with van der Waals surface area (Å²) in [5.74, 6) is 0.886. The average molecular weight is 277 g/mol. The molecule has 0 unspecified atom stereocenters. The molecule has 1 aromatic heterocycles. The molecule has 0 radical (unpaired) electrons. The molecule has 78 valence electrons. The van der Waals surface area contributed by atoms with Crippen LogP contribution in [0.3, 0.4) is 0 Å². The Kier molecular flexibility index (Phi) is 4.71. The lowest BCUT2D eigenvalue weighted by molar-refractivity contribution is 0.200. The zero-order valence-electron chi connectivity index (χ0n) is 8.26. The Balaban J connectivity index is 2.98. The summed E-state index contributed by atoms with van der Waals surface area (Å²) < 4.78 is 6.50. The molecule has 0 amide bonds. The molecule has 0 fully saturated rings. The van der Waals surface area contributed by atoms with Gasteiger partial charge in [0.1, 0.15) is 10.5 Å². The number of methoxy groups -OCH3 is 1. The Morgan fingerprint density at radius 1 is 1.57 bits per heavy atom. The van der Waals surface area contributed by atoms with Crippen LogP contribution in [0, 0.1) is 4.64 Å². The van der Waals surface area contributed by atoms with Gasteiger partial charge in [0.15, 0.2) is 0 Å². The first-order valence-corrected chi connectivity index (χ1v) is 5.65. The molecule has 3 nitrogen and oxygen atoms in total. The monoisotopic (exact) mass is 276 g/mol. The third-order valence-corrected chi connectivity index (χ3v) is 3.29.